The van der Waals surface area contributed by atoms with Crippen LogP contribution in [0, 0.1) is 0 Å². The molecule has 1 aliphatic rings. The number of rotatable bonds is 4. The molecule has 4 nitrogen and oxygen atoms in total. The molecule has 3 N–H and O–H groups in total. The SMILES string of the molecule is COc1ccccc1CNC(=O)C1(N)CCCC1.Cl. The molecule has 1 aromatic carbocycles. The molecule has 0 aliphatic heterocycles. The number of hydrogen-bond acceptors (Lipinski definition) is 3. The molecule has 1 fully saturated rings. The Hall–Kier alpha value is -1.26. The fourth-order valence-electron chi connectivity index (χ4n) is 2.43. The molecule has 0 heterocycles. The summed E-state index contributed by atoms with van der Waals surface area (Å²) in [5.41, 5.74) is 6.40. The summed E-state index contributed by atoms with van der Waals surface area (Å²) in [5, 5.41) is 2.91. The molecule has 5 heteroatoms. The van der Waals surface area contributed by atoms with Crippen LogP contribution in [0.1, 0.15) is 31.2 Å². The minimum Gasteiger partial charge on any atom is -0.496 e. The van der Waals surface area contributed by atoms with Gasteiger partial charge in [0, 0.05) is 12.1 Å². The van der Waals surface area contributed by atoms with E-state index < -0.39 is 5.54 Å². The molecule has 1 aromatic rings. The number of carbonyl (C=O) groups excluding carboxylic acids is 1. The van der Waals surface area contributed by atoms with Crippen molar-refractivity contribution in [2.24, 2.45) is 5.73 Å². The van der Waals surface area contributed by atoms with Gasteiger partial charge in [-0.2, -0.15) is 0 Å². The Morgan fingerprint density at radius 1 is 1.37 bits per heavy atom. The number of methoxy groups -OCH3 is 1. The highest BCUT2D eigenvalue weighted by Gasteiger charge is 2.36. The van der Waals surface area contributed by atoms with Crippen LogP contribution in [0.15, 0.2) is 24.3 Å². The highest BCUT2D eigenvalue weighted by Crippen LogP contribution is 2.27. The van der Waals surface area contributed by atoms with Gasteiger partial charge in [-0.15, -0.1) is 12.4 Å². The average Bonchev–Trinajstić information content (AvgIpc) is 2.84. The zero-order valence-electron chi connectivity index (χ0n) is 11.1. The maximum atomic E-state index is 12.1. The number of carbonyl (C=O) groups is 1. The minimum atomic E-state index is -0.665. The Balaban J connectivity index is 0.00000180. The third kappa shape index (κ3) is 3.61. The van der Waals surface area contributed by atoms with E-state index in [1.165, 1.54) is 0 Å². The summed E-state index contributed by atoms with van der Waals surface area (Å²) in [6.07, 6.45) is 3.65. The van der Waals surface area contributed by atoms with Crippen LogP contribution in [0.25, 0.3) is 0 Å². The summed E-state index contributed by atoms with van der Waals surface area (Å²) in [7, 11) is 1.63. The number of ether oxygens (including phenoxy) is 1. The zero-order valence-corrected chi connectivity index (χ0v) is 12.0. The van der Waals surface area contributed by atoms with E-state index in [2.05, 4.69) is 5.32 Å². The lowest BCUT2D eigenvalue weighted by Gasteiger charge is -2.22. The maximum absolute atomic E-state index is 12.1. The largest absolute Gasteiger partial charge is 0.496 e. The smallest absolute Gasteiger partial charge is 0.240 e. The van der Waals surface area contributed by atoms with Gasteiger partial charge in [-0.05, 0) is 18.9 Å². The topological polar surface area (TPSA) is 64.3 Å². The highest BCUT2D eigenvalue weighted by atomic mass is 35.5. The predicted octanol–water partition coefficient (Wildman–Crippen LogP) is 2.00. The zero-order chi connectivity index (χ0) is 13.0. The highest BCUT2D eigenvalue weighted by molar-refractivity contribution is 5.86. The average molecular weight is 285 g/mol. The van der Waals surface area contributed by atoms with Crippen LogP contribution in [-0.2, 0) is 11.3 Å². The van der Waals surface area contributed by atoms with Crippen LogP contribution in [0.5, 0.6) is 5.75 Å². The molecular formula is C14H21ClN2O2. The van der Waals surface area contributed by atoms with Gasteiger partial charge >= 0.3 is 0 Å². The fourth-order valence-corrected chi connectivity index (χ4v) is 2.43. The first-order chi connectivity index (χ1) is 8.65. The molecule has 1 aliphatic carbocycles. The van der Waals surface area contributed by atoms with Gasteiger partial charge in [0.1, 0.15) is 5.75 Å². The van der Waals surface area contributed by atoms with Crippen LogP contribution >= 0.6 is 12.4 Å². The molecule has 2 rings (SSSR count). The number of para-hydroxylation sites is 1. The van der Waals surface area contributed by atoms with Crippen molar-refractivity contribution in [3.8, 4) is 5.75 Å². The summed E-state index contributed by atoms with van der Waals surface area (Å²) in [6, 6.07) is 7.66. The quantitative estimate of drug-likeness (QED) is 0.889. The second-order valence-electron chi connectivity index (χ2n) is 4.86. The number of nitrogens with one attached hydrogen (secondary N) is 1. The molecule has 0 saturated heterocycles. The molecular weight excluding hydrogens is 264 g/mol. The molecule has 1 amide bonds. The lowest BCUT2D eigenvalue weighted by molar-refractivity contribution is -0.126. The standard InChI is InChI=1S/C14H20N2O2.ClH/c1-18-12-7-3-2-6-11(12)10-16-13(17)14(15)8-4-5-9-14;/h2-3,6-7H,4-5,8-10,15H2,1H3,(H,16,17);1H. The van der Waals surface area contributed by atoms with Crippen molar-refractivity contribution in [1.82, 2.24) is 5.32 Å². The van der Waals surface area contributed by atoms with Crippen molar-refractivity contribution in [2.75, 3.05) is 7.11 Å². The molecule has 19 heavy (non-hydrogen) atoms. The van der Waals surface area contributed by atoms with Crippen molar-refractivity contribution < 1.29 is 9.53 Å². The monoisotopic (exact) mass is 284 g/mol. The summed E-state index contributed by atoms with van der Waals surface area (Å²) in [4.78, 5) is 12.1. The lowest BCUT2D eigenvalue weighted by Crippen LogP contribution is -2.51. The van der Waals surface area contributed by atoms with Crippen molar-refractivity contribution in [2.45, 2.75) is 37.8 Å². The van der Waals surface area contributed by atoms with E-state index in [1.54, 1.807) is 7.11 Å². The second kappa shape index (κ2) is 6.78. The van der Waals surface area contributed by atoms with Gasteiger partial charge in [0.15, 0.2) is 0 Å². The molecule has 0 unspecified atom stereocenters. The third-order valence-electron chi connectivity index (χ3n) is 3.58. The summed E-state index contributed by atoms with van der Waals surface area (Å²) in [6.45, 7) is 0.460. The molecule has 0 bridgehead atoms. The Bertz CT molecular complexity index is 431. The van der Waals surface area contributed by atoms with Crippen LogP contribution in [0.3, 0.4) is 0 Å². The van der Waals surface area contributed by atoms with Crippen LogP contribution in [0.2, 0.25) is 0 Å². The molecule has 0 radical (unpaired) electrons. The number of amides is 1. The van der Waals surface area contributed by atoms with Crippen LogP contribution in [-0.4, -0.2) is 18.6 Å². The predicted molar refractivity (Wildman–Crippen MR) is 77.5 cm³/mol. The normalized spacial score (nSPS) is 16.5. The van der Waals surface area contributed by atoms with E-state index in [0.717, 1.165) is 37.0 Å². The molecule has 106 valence electrons. The van der Waals surface area contributed by atoms with Crippen molar-refractivity contribution >= 4 is 18.3 Å². The first-order valence-corrected chi connectivity index (χ1v) is 6.35. The van der Waals surface area contributed by atoms with Gasteiger partial charge in [-0.1, -0.05) is 31.0 Å². The Morgan fingerprint density at radius 2 is 2.00 bits per heavy atom. The number of halogens is 1. The van der Waals surface area contributed by atoms with Gasteiger partial charge in [0.2, 0.25) is 5.91 Å². The van der Waals surface area contributed by atoms with Gasteiger partial charge in [0.05, 0.1) is 12.6 Å². The Kier molecular flexibility index (Phi) is 5.63. The van der Waals surface area contributed by atoms with Crippen molar-refractivity contribution in [3.63, 3.8) is 0 Å². The van der Waals surface area contributed by atoms with Gasteiger partial charge in [0.25, 0.3) is 0 Å². The summed E-state index contributed by atoms with van der Waals surface area (Å²) >= 11 is 0. The van der Waals surface area contributed by atoms with Crippen molar-refractivity contribution in [1.29, 1.82) is 0 Å². The molecule has 1 saturated carbocycles. The fraction of sp³-hybridized carbons (Fsp3) is 0.500. The third-order valence-corrected chi connectivity index (χ3v) is 3.58. The molecule has 0 spiro atoms. The van der Waals surface area contributed by atoms with E-state index in [0.29, 0.717) is 6.54 Å². The molecule has 0 aromatic heterocycles. The lowest BCUT2D eigenvalue weighted by atomic mass is 9.98. The van der Waals surface area contributed by atoms with E-state index in [4.69, 9.17) is 10.5 Å². The maximum Gasteiger partial charge on any atom is 0.240 e. The summed E-state index contributed by atoms with van der Waals surface area (Å²) < 4.78 is 5.25. The molecule has 0 atom stereocenters. The summed E-state index contributed by atoms with van der Waals surface area (Å²) in [5.74, 6) is 0.737. The number of benzene rings is 1. The van der Waals surface area contributed by atoms with Crippen LogP contribution < -0.4 is 15.8 Å². The van der Waals surface area contributed by atoms with E-state index >= 15 is 0 Å². The van der Waals surface area contributed by atoms with Crippen molar-refractivity contribution in [3.05, 3.63) is 29.8 Å². The van der Waals surface area contributed by atoms with Gasteiger partial charge < -0.3 is 15.8 Å². The number of nitrogens with two attached hydrogens (primary N) is 1. The minimum absolute atomic E-state index is 0. The van der Waals surface area contributed by atoms with E-state index in [9.17, 15) is 4.79 Å². The van der Waals surface area contributed by atoms with E-state index in [-0.39, 0.29) is 18.3 Å². The Labute approximate surface area is 120 Å². The first-order valence-electron chi connectivity index (χ1n) is 6.35. The van der Waals surface area contributed by atoms with Gasteiger partial charge in [-0.3, -0.25) is 4.79 Å². The number of hydrogen-bond donors (Lipinski definition) is 2. The van der Waals surface area contributed by atoms with Crippen LogP contribution in [0.4, 0.5) is 0 Å². The van der Waals surface area contributed by atoms with Gasteiger partial charge in [-0.25, -0.2) is 0 Å². The van der Waals surface area contributed by atoms with E-state index in [1.807, 2.05) is 24.3 Å². The first kappa shape index (κ1) is 15.8. The Morgan fingerprint density at radius 3 is 2.63 bits per heavy atom. The second-order valence-corrected chi connectivity index (χ2v) is 4.86.